The summed E-state index contributed by atoms with van der Waals surface area (Å²) in [5.74, 6) is 1.66. The second-order valence-electron chi connectivity index (χ2n) is 7.05. The molecule has 6 heteroatoms. The first-order valence-corrected chi connectivity index (χ1v) is 8.96. The number of carbonyl (C=O) groups excluding carboxylic acids is 1. The first-order chi connectivity index (χ1) is 10.7. The molecule has 3 aliphatic rings. The van der Waals surface area contributed by atoms with Crippen LogP contribution in [0.25, 0.3) is 0 Å². The van der Waals surface area contributed by atoms with Gasteiger partial charge >= 0.3 is 0 Å². The van der Waals surface area contributed by atoms with Crippen LogP contribution in [-0.4, -0.2) is 62.4 Å². The van der Waals surface area contributed by atoms with Gasteiger partial charge in [0.15, 0.2) is 0 Å². The van der Waals surface area contributed by atoms with Crippen molar-refractivity contribution in [3.05, 3.63) is 0 Å². The van der Waals surface area contributed by atoms with Crippen LogP contribution in [0.1, 0.15) is 39.0 Å². The first-order valence-electron chi connectivity index (χ1n) is 8.96. The number of hydrogen-bond acceptors (Lipinski definition) is 4. The third kappa shape index (κ3) is 5.05. The van der Waals surface area contributed by atoms with Crippen molar-refractivity contribution in [3.8, 4) is 0 Å². The van der Waals surface area contributed by atoms with E-state index in [4.69, 9.17) is 9.47 Å². The lowest BCUT2D eigenvalue weighted by Gasteiger charge is -2.27. The maximum Gasteiger partial charge on any atom is 0.251 e. The predicted molar refractivity (Wildman–Crippen MR) is 91.9 cm³/mol. The molecule has 23 heavy (non-hydrogen) atoms. The predicted octanol–water partition coefficient (Wildman–Crippen LogP) is 1.84. The van der Waals surface area contributed by atoms with Crippen LogP contribution in [0, 0.1) is 11.8 Å². The van der Waals surface area contributed by atoms with Gasteiger partial charge in [0.2, 0.25) is 0 Å². The number of nitrogens with zero attached hydrogens (tertiary/aromatic N) is 1. The molecule has 3 saturated heterocycles. The summed E-state index contributed by atoms with van der Waals surface area (Å²) < 4.78 is 11.5. The van der Waals surface area contributed by atoms with Crippen LogP contribution in [0.5, 0.6) is 0 Å². The third-order valence-electron chi connectivity index (χ3n) is 5.48. The number of rotatable bonds is 4. The summed E-state index contributed by atoms with van der Waals surface area (Å²) in [5, 5.41) is 3.47. The number of hydrogen-bond donors (Lipinski definition) is 1. The van der Waals surface area contributed by atoms with Gasteiger partial charge in [0.1, 0.15) is 6.10 Å². The number of fused-ring (bicyclic) bond motifs is 1. The van der Waals surface area contributed by atoms with Gasteiger partial charge in [-0.3, -0.25) is 4.79 Å². The Hall–Kier alpha value is -0.360. The minimum Gasteiger partial charge on any atom is -0.376 e. The Morgan fingerprint density at radius 1 is 1.22 bits per heavy atom. The highest BCUT2D eigenvalue weighted by Gasteiger charge is 2.32. The number of likely N-dealkylation sites (tertiary alicyclic amines) is 1. The molecule has 0 aliphatic carbocycles. The van der Waals surface area contributed by atoms with E-state index >= 15 is 0 Å². The minimum absolute atomic E-state index is 0. The number of amides is 1. The van der Waals surface area contributed by atoms with E-state index in [9.17, 15) is 4.79 Å². The van der Waals surface area contributed by atoms with Crippen molar-refractivity contribution in [2.24, 2.45) is 11.8 Å². The van der Waals surface area contributed by atoms with E-state index in [0.29, 0.717) is 6.61 Å². The van der Waals surface area contributed by atoms with E-state index in [-0.39, 0.29) is 30.5 Å². The number of nitrogens with one attached hydrogen (secondary N) is 1. The average Bonchev–Trinajstić information content (AvgIpc) is 2.91. The molecule has 0 spiro atoms. The van der Waals surface area contributed by atoms with Gasteiger partial charge in [0.05, 0.1) is 12.7 Å². The standard InChI is InChI=1S/C17H30N2O3.ClH/c1-13(22-12-16-4-2-3-9-21-16)17(20)19-7-5-14-10-18-11-15(14)6-8-19;/h13-16,18H,2-12H2,1H3;1H/t13?,14-,15+,16?;. The Labute approximate surface area is 145 Å². The monoisotopic (exact) mass is 346 g/mol. The second-order valence-corrected chi connectivity index (χ2v) is 7.05. The van der Waals surface area contributed by atoms with Gasteiger partial charge in [0.25, 0.3) is 5.91 Å². The van der Waals surface area contributed by atoms with E-state index in [0.717, 1.165) is 70.3 Å². The van der Waals surface area contributed by atoms with Crippen LogP contribution >= 0.6 is 12.4 Å². The van der Waals surface area contributed by atoms with Gasteiger partial charge in [-0.25, -0.2) is 0 Å². The molecule has 0 aromatic carbocycles. The summed E-state index contributed by atoms with van der Waals surface area (Å²) in [4.78, 5) is 14.6. The Balaban J connectivity index is 0.00000192. The molecular weight excluding hydrogens is 316 g/mol. The van der Waals surface area contributed by atoms with E-state index in [1.807, 2.05) is 11.8 Å². The zero-order valence-corrected chi connectivity index (χ0v) is 15.0. The molecule has 5 nitrogen and oxygen atoms in total. The normalized spacial score (nSPS) is 32.6. The largest absolute Gasteiger partial charge is 0.376 e. The van der Waals surface area contributed by atoms with Crippen LogP contribution in [0.2, 0.25) is 0 Å². The van der Waals surface area contributed by atoms with Crippen molar-refractivity contribution in [1.82, 2.24) is 10.2 Å². The number of ether oxygens (including phenoxy) is 2. The molecular formula is C17H31ClN2O3. The van der Waals surface area contributed by atoms with Crippen LogP contribution in [0.15, 0.2) is 0 Å². The SMILES string of the molecule is CC(OCC1CCCCO1)C(=O)N1CC[C@@H]2CNC[C@@H]2CC1.Cl. The Bertz CT molecular complexity index is 363. The zero-order valence-electron chi connectivity index (χ0n) is 14.2. The molecule has 3 fully saturated rings. The Morgan fingerprint density at radius 3 is 2.52 bits per heavy atom. The van der Waals surface area contributed by atoms with Crippen molar-refractivity contribution < 1.29 is 14.3 Å². The highest BCUT2D eigenvalue weighted by atomic mass is 35.5. The van der Waals surface area contributed by atoms with Crippen molar-refractivity contribution in [2.45, 2.75) is 51.2 Å². The van der Waals surface area contributed by atoms with Crippen molar-refractivity contribution in [2.75, 3.05) is 39.4 Å². The molecule has 0 saturated carbocycles. The van der Waals surface area contributed by atoms with E-state index in [2.05, 4.69) is 5.32 Å². The zero-order chi connectivity index (χ0) is 15.4. The quantitative estimate of drug-likeness (QED) is 0.844. The summed E-state index contributed by atoms with van der Waals surface area (Å²) in [7, 11) is 0. The summed E-state index contributed by atoms with van der Waals surface area (Å²) in [6, 6.07) is 0. The molecule has 0 radical (unpaired) electrons. The number of carbonyl (C=O) groups is 1. The molecule has 1 amide bonds. The highest BCUT2D eigenvalue weighted by Crippen LogP contribution is 2.27. The van der Waals surface area contributed by atoms with E-state index in [1.54, 1.807) is 0 Å². The van der Waals surface area contributed by atoms with Crippen molar-refractivity contribution in [3.63, 3.8) is 0 Å². The summed E-state index contributed by atoms with van der Waals surface area (Å²) in [6.45, 7) is 7.29. The van der Waals surface area contributed by atoms with Gasteiger partial charge in [-0.15, -0.1) is 12.4 Å². The van der Waals surface area contributed by atoms with E-state index in [1.165, 1.54) is 6.42 Å². The molecule has 0 aromatic rings. The van der Waals surface area contributed by atoms with Crippen molar-refractivity contribution >= 4 is 18.3 Å². The molecule has 1 N–H and O–H groups in total. The molecule has 3 heterocycles. The number of halogens is 1. The fourth-order valence-electron chi connectivity index (χ4n) is 3.96. The summed E-state index contributed by atoms with van der Waals surface area (Å²) >= 11 is 0. The summed E-state index contributed by atoms with van der Waals surface area (Å²) in [5.41, 5.74) is 0. The highest BCUT2D eigenvalue weighted by molar-refractivity contribution is 5.85. The third-order valence-corrected chi connectivity index (χ3v) is 5.48. The molecule has 3 rings (SSSR count). The lowest BCUT2D eigenvalue weighted by molar-refractivity contribution is -0.146. The maximum absolute atomic E-state index is 12.6. The lowest BCUT2D eigenvalue weighted by Crippen LogP contribution is -2.41. The molecule has 0 bridgehead atoms. The van der Waals surface area contributed by atoms with Crippen molar-refractivity contribution in [1.29, 1.82) is 0 Å². The maximum atomic E-state index is 12.6. The van der Waals surface area contributed by atoms with Crippen LogP contribution in [0.3, 0.4) is 0 Å². The van der Waals surface area contributed by atoms with Crippen LogP contribution in [0.4, 0.5) is 0 Å². The van der Waals surface area contributed by atoms with Gasteiger partial charge in [-0.05, 0) is 64.0 Å². The fourth-order valence-corrected chi connectivity index (χ4v) is 3.96. The fraction of sp³-hybridized carbons (Fsp3) is 0.941. The molecule has 2 unspecified atom stereocenters. The Morgan fingerprint density at radius 2 is 1.91 bits per heavy atom. The van der Waals surface area contributed by atoms with Gasteiger partial charge in [-0.1, -0.05) is 0 Å². The molecule has 4 atom stereocenters. The van der Waals surface area contributed by atoms with Crippen LogP contribution < -0.4 is 5.32 Å². The minimum atomic E-state index is -0.346. The molecule has 3 aliphatic heterocycles. The Kier molecular flexibility index (Phi) is 7.60. The smallest absolute Gasteiger partial charge is 0.251 e. The second kappa shape index (κ2) is 9.21. The lowest BCUT2D eigenvalue weighted by atomic mass is 9.92. The van der Waals surface area contributed by atoms with Gasteiger partial charge in [-0.2, -0.15) is 0 Å². The summed E-state index contributed by atoms with van der Waals surface area (Å²) in [6.07, 6.45) is 5.50. The first kappa shape index (κ1) is 19.0. The van der Waals surface area contributed by atoms with E-state index < -0.39 is 0 Å². The molecule has 134 valence electrons. The van der Waals surface area contributed by atoms with Gasteiger partial charge in [0, 0.05) is 19.7 Å². The average molecular weight is 347 g/mol. The van der Waals surface area contributed by atoms with Gasteiger partial charge < -0.3 is 19.7 Å². The molecule has 0 aromatic heterocycles. The van der Waals surface area contributed by atoms with Crippen LogP contribution in [-0.2, 0) is 14.3 Å². The topological polar surface area (TPSA) is 50.8 Å².